The number of unbranched alkanes of at least 4 members (excludes halogenated alkanes) is 1. The van der Waals surface area contributed by atoms with Gasteiger partial charge in [0, 0.05) is 19.6 Å². The number of aromatic nitrogens is 6. The summed E-state index contributed by atoms with van der Waals surface area (Å²) in [5.74, 6) is 0.759. The summed E-state index contributed by atoms with van der Waals surface area (Å²) in [5.41, 5.74) is 7.45. The molecule has 0 saturated carbocycles. The first kappa shape index (κ1) is 24.7. The number of fused-ring (bicyclic) bond motifs is 2. The van der Waals surface area contributed by atoms with Crippen molar-refractivity contribution in [3.63, 3.8) is 0 Å². The molecule has 200 valence electrons. The molecule has 6 rings (SSSR count). The predicted octanol–water partition coefficient (Wildman–Crippen LogP) is 4.69. The molecule has 1 unspecified atom stereocenters. The van der Waals surface area contributed by atoms with Crippen LogP contribution in [0.15, 0.2) is 60.7 Å². The van der Waals surface area contributed by atoms with Gasteiger partial charge in [0.25, 0.3) is 5.91 Å². The first-order chi connectivity index (χ1) is 19.0. The van der Waals surface area contributed by atoms with Gasteiger partial charge in [0.1, 0.15) is 11.4 Å². The van der Waals surface area contributed by atoms with E-state index < -0.39 is 0 Å². The number of hydrogen-bond donors (Lipinski definition) is 3. The van der Waals surface area contributed by atoms with Crippen molar-refractivity contribution < 1.29 is 4.79 Å². The van der Waals surface area contributed by atoms with E-state index >= 15 is 0 Å². The molecule has 1 aliphatic rings. The Morgan fingerprint density at radius 1 is 1.00 bits per heavy atom. The molecule has 10 nitrogen and oxygen atoms in total. The highest BCUT2D eigenvalue weighted by Gasteiger charge is 2.30. The molecule has 4 heterocycles. The van der Waals surface area contributed by atoms with Gasteiger partial charge in [-0.25, -0.2) is 4.98 Å². The zero-order valence-corrected chi connectivity index (χ0v) is 22.5. The summed E-state index contributed by atoms with van der Waals surface area (Å²) >= 11 is 0. The van der Waals surface area contributed by atoms with Crippen LogP contribution in [0.25, 0.3) is 22.6 Å². The number of H-pyrrole nitrogens is 1. The first-order valence-electron chi connectivity index (χ1n) is 13.5. The molecule has 1 amide bonds. The molecule has 0 aliphatic carbocycles. The summed E-state index contributed by atoms with van der Waals surface area (Å²) in [4.78, 5) is 20.3. The average Bonchev–Trinajstić information content (AvgIpc) is 3.71. The zero-order chi connectivity index (χ0) is 26.9. The number of para-hydroxylation sites is 4. The maximum absolute atomic E-state index is 13.2. The Hall–Kier alpha value is -4.60. The van der Waals surface area contributed by atoms with Crippen molar-refractivity contribution in [1.29, 1.82) is 0 Å². The smallest absolute Gasteiger partial charge is 0.272 e. The Balaban J connectivity index is 1.18. The van der Waals surface area contributed by atoms with Crippen molar-refractivity contribution in [2.75, 3.05) is 16.8 Å². The lowest BCUT2D eigenvalue weighted by atomic mass is 10.2. The van der Waals surface area contributed by atoms with Crippen LogP contribution >= 0.6 is 0 Å². The lowest BCUT2D eigenvalue weighted by Gasteiger charge is -2.27. The third-order valence-electron chi connectivity index (χ3n) is 7.15. The van der Waals surface area contributed by atoms with E-state index in [9.17, 15) is 4.79 Å². The molecule has 0 fully saturated rings. The van der Waals surface area contributed by atoms with Crippen molar-refractivity contribution in [3.05, 3.63) is 77.7 Å². The molecule has 5 aromatic rings. The second-order valence-electron chi connectivity index (χ2n) is 9.92. The number of benzene rings is 2. The number of carbonyl (C=O) groups excluding carboxylic acids is 1. The van der Waals surface area contributed by atoms with Crippen LogP contribution in [0.2, 0.25) is 0 Å². The van der Waals surface area contributed by atoms with Crippen LogP contribution in [0.4, 0.5) is 11.4 Å². The Kier molecular flexibility index (Phi) is 6.52. The summed E-state index contributed by atoms with van der Waals surface area (Å²) in [6.07, 6.45) is 1.54. The zero-order valence-electron chi connectivity index (χ0n) is 22.5. The molecule has 0 spiro atoms. The molecule has 0 bridgehead atoms. The predicted molar refractivity (Wildman–Crippen MR) is 153 cm³/mol. The van der Waals surface area contributed by atoms with Crippen LogP contribution in [-0.2, 0) is 13.1 Å². The summed E-state index contributed by atoms with van der Waals surface area (Å²) < 4.78 is 4.01. The maximum Gasteiger partial charge on any atom is 0.272 e. The van der Waals surface area contributed by atoms with Crippen LogP contribution in [0.1, 0.15) is 41.6 Å². The quantitative estimate of drug-likeness (QED) is 0.242. The van der Waals surface area contributed by atoms with Crippen molar-refractivity contribution in [2.24, 2.45) is 0 Å². The second-order valence-corrected chi connectivity index (χ2v) is 9.92. The molecule has 1 aliphatic heterocycles. The normalized spacial score (nSPS) is 14.5. The molecule has 2 aromatic carbocycles. The van der Waals surface area contributed by atoms with Gasteiger partial charge in [0.05, 0.1) is 33.8 Å². The van der Waals surface area contributed by atoms with E-state index in [1.165, 1.54) is 0 Å². The van der Waals surface area contributed by atoms with E-state index in [0.29, 0.717) is 12.2 Å². The lowest BCUT2D eigenvalue weighted by Crippen LogP contribution is -2.50. The highest BCUT2D eigenvalue weighted by atomic mass is 16.2. The molecule has 3 aromatic heterocycles. The van der Waals surface area contributed by atoms with Crippen LogP contribution < -0.4 is 15.5 Å². The van der Waals surface area contributed by atoms with Crippen LogP contribution in [0.5, 0.6) is 0 Å². The van der Waals surface area contributed by atoms with Gasteiger partial charge in [0.15, 0.2) is 12.1 Å². The second kappa shape index (κ2) is 10.3. The highest BCUT2D eigenvalue weighted by molar-refractivity contribution is 5.94. The summed E-state index contributed by atoms with van der Waals surface area (Å²) in [7, 11) is 0. The summed E-state index contributed by atoms with van der Waals surface area (Å²) in [6, 6.07) is 20.3. The van der Waals surface area contributed by atoms with Crippen LogP contribution in [-0.4, -0.2) is 48.3 Å². The Bertz CT molecular complexity index is 1630. The molecule has 0 radical (unpaired) electrons. The van der Waals surface area contributed by atoms with E-state index in [1.807, 2.05) is 63.2 Å². The lowest BCUT2D eigenvalue weighted by molar-refractivity contribution is 0.0930. The fourth-order valence-electron chi connectivity index (χ4n) is 5.34. The molecular formula is C29H33N9O. The van der Waals surface area contributed by atoms with Crippen molar-refractivity contribution in [1.82, 2.24) is 34.8 Å². The SMILES string of the molecule is CCn1nc(C)cc1C(=O)NC1Nc2ccccc2N1CCCCn1c(-c2cc(C)n[nH]2)nc2ccccc21. The minimum Gasteiger partial charge on any atom is -0.347 e. The van der Waals surface area contributed by atoms with Gasteiger partial charge in [-0.1, -0.05) is 24.3 Å². The third kappa shape index (κ3) is 4.73. The number of hydrogen-bond acceptors (Lipinski definition) is 6. The monoisotopic (exact) mass is 523 g/mol. The minimum absolute atomic E-state index is 0.142. The van der Waals surface area contributed by atoms with E-state index in [2.05, 4.69) is 53.6 Å². The Morgan fingerprint density at radius 2 is 1.79 bits per heavy atom. The number of nitrogens with one attached hydrogen (secondary N) is 3. The molecule has 1 atom stereocenters. The van der Waals surface area contributed by atoms with E-state index in [0.717, 1.165) is 71.2 Å². The standard InChI is InChI=1S/C29H33N9O/c1-4-38-26(18-20(3)35-38)28(39)32-29-31-22-12-6-8-14-25(22)37(29)16-10-9-15-36-24-13-7-5-11-21(24)30-27(36)23-17-19(2)33-34-23/h5-8,11-14,17-18,29,31H,4,9-10,15-16H2,1-3H3,(H,32,39)(H,33,34). The van der Waals surface area contributed by atoms with Gasteiger partial charge in [-0.2, -0.15) is 10.2 Å². The number of anilines is 2. The number of amides is 1. The molecule has 39 heavy (non-hydrogen) atoms. The number of rotatable bonds is 9. The van der Waals surface area contributed by atoms with Crippen molar-refractivity contribution in [3.8, 4) is 11.5 Å². The molecular weight excluding hydrogens is 490 g/mol. The Morgan fingerprint density at radius 3 is 2.62 bits per heavy atom. The number of aryl methyl sites for hydroxylation is 4. The fraction of sp³-hybridized carbons (Fsp3) is 0.310. The number of carbonyl (C=O) groups is 1. The number of imidazole rings is 1. The Labute approximate surface area is 227 Å². The number of nitrogens with zero attached hydrogens (tertiary/aromatic N) is 6. The van der Waals surface area contributed by atoms with Gasteiger partial charge >= 0.3 is 0 Å². The van der Waals surface area contributed by atoms with Gasteiger partial charge in [0.2, 0.25) is 0 Å². The van der Waals surface area contributed by atoms with E-state index in [1.54, 1.807) is 4.68 Å². The number of aromatic amines is 1. The summed E-state index contributed by atoms with van der Waals surface area (Å²) in [5, 5.41) is 18.5. The fourth-order valence-corrected chi connectivity index (χ4v) is 5.34. The largest absolute Gasteiger partial charge is 0.347 e. The van der Waals surface area contributed by atoms with Gasteiger partial charge < -0.3 is 20.1 Å². The third-order valence-corrected chi connectivity index (χ3v) is 7.15. The average molecular weight is 524 g/mol. The topological polar surface area (TPSA) is 109 Å². The van der Waals surface area contributed by atoms with Crippen molar-refractivity contribution >= 4 is 28.3 Å². The molecule has 10 heteroatoms. The van der Waals surface area contributed by atoms with Crippen molar-refractivity contribution in [2.45, 2.75) is 53.0 Å². The van der Waals surface area contributed by atoms with Gasteiger partial charge in [-0.3, -0.25) is 14.6 Å². The van der Waals surface area contributed by atoms with E-state index in [4.69, 9.17) is 4.98 Å². The molecule has 0 saturated heterocycles. The van der Waals surface area contributed by atoms with E-state index in [-0.39, 0.29) is 12.2 Å². The summed E-state index contributed by atoms with van der Waals surface area (Å²) in [6.45, 7) is 8.11. The maximum atomic E-state index is 13.2. The van der Waals surface area contributed by atoms with Crippen LogP contribution in [0.3, 0.4) is 0 Å². The van der Waals surface area contributed by atoms with Gasteiger partial charge in [-0.05, 0) is 70.0 Å². The first-order valence-corrected chi connectivity index (χ1v) is 13.5. The molecule has 3 N–H and O–H groups in total. The van der Waals surface area contributed by atoms with Gasteiger partial charge in [-0.15, -0.1) is 0 Å². The highest BCUT2D eigenvalue weighted by Crippen LogP contribution is 2.34. The van der Waals surface area contributed by atoms with Crippen LogP contribution in [0, 0.1) is 13.8 Å². The minimum atomic E-state index is -0.340.